The molecule has 2 heterocycles. The first-order valence-corrected chi connectivity index (χ1v) is 9.65. The molecule has 0 amide bonds. The zero-order valence-electron chi connectivity index (χ0n) is 15.3. The molecule has 25 heavy (non-hydrogen) atoms. The van der Waals surface area contributed by atoms with E-state index in [0.29, 0.717) is 12.1 Å². The SMILES string of the molecule is Cc1nc(NC2CCCCC2)cc(N2Cc3ccccc3C[C@@H]2C)n1. The van der Waals surface area contributed by atoms with Gasteiger partial charge in [-0.05, 0) is 44.2 Å². The van der Waals surface area contributed by atoms with Crippen LogP contribution < -0.4 is 10.2 Å². The summed E-state index contributed by atoms with van der Waals surface area (Å²) in [5, 5.41) is 3.66. The molecule has 1 aliphatic carbocycles. The number of fused-ring (bicyclic) bond motifs is 1. The van der Waals surface area contributed by atoms with E-state index in [-0.39, 0.29) is 0 Å². The minimum absolute atomic E-state index is 0.451. The van der Waals surface area contributed by atoms with Gasteiger partial charge in [0.25, 0.3) is 0 Å². The van der Waals surface area contributed by atoms with Crippen LogP contribution in [0.15, 0.2) is 30.3 Å². The molecule has 1 aliphatic heterocycles. The van der Waals surface area contributed by atoms with Crippen LogP contribution in [0.4, 0.5) is 11.6 Å². The van der Waals surface area contributed by atoms with E-state index in [1.54, 1.807) is 0 Å². The fraction of sp³-hybridized carbons (Fsp3) is 0.524. The molecule has 1 aromatic heterocycles. The third-order valence-corrected chi connectivity index (χ3v) is 5.58. The second-order valence-corrected chi connectivity index (χ2v) is 7.59. The van der Waals surface area contributed by atoms with Crippen molar-refractivity contribution in [2.24, 2.45) is 0 Å². The summed E-state index contributed by atoms with van der Waals surface area (Å²) >= 11 is 0. The van der Waals surface area contributed by atoms with Gasteiger partial charge in [-0.15, -0.1) is 0 Å². The molecule has 1 atom stereocenters. The van der Waals surface area contributed by atoms with Gasteiger partial charge in [0.2, 0.25) is 0 Å². The van der Waals surface area contributed by atoms with E-state index < -0.39 is 0 Å². The van der Waals surface area contributed by atoms with Crippen molar-refractivity contribution in [3.05, 3.63) is 47.3 Å². The van der Waals surface area contributed by atoms with Gasteiger partial charge in [0.15, 0.2) is 0 Å². The van der Waals surface area contributed by atoms with Crippen LogP contribution >= 0.6 is 0 Å². The smallest absolute Gasteiger partial charge is 0.134 e. The van der Waals surface area contributed by atoms with Crippen LogP contribution in [-0.4, -0.2) is 22.1 Å². The van der Waals surface area contributed by atoms with Crippen molar-refractivity contribution in [3.63, 3.8) is 0 Å². The highest BCUT2D eigenvalue weighted by Gasteiger charge is 2.24. The third-order valence-electron chi connectivity index (χ3n) is 5.58. The van der Waals surface area contributed by atoms with Gasteiger partial charge in [-0.25, -0.2) is 9.97 Å². The Kier molecular flexibility index (Phi) is 4.60. The van der Waals surface area contributed by atoms with Crippen molar-refractivity contribution >= 4 is 11.6 Å². The van der Waals surface area contributed by atoms with Gasteiger partial charge in [-0.2, -0.15) is 0 Å². The first-order chi connectivity index (χ1) is 12.2. The van der Waals surface area contributed by atoms with E-state index in [1.165, 1.54) is 43.2 Å². The van der Waals surface area contributed by atoms with Crippen LogP contribution in [0, 0.1) is 6.92 Å². The van der Waals surface area contributed by atoms with Crippen LogP contribution in [0.5, 0.6) is 0 Å². The highest BCUT2D eigenvalue weighted by Crippen LogP contribution is 2.29. The Hall–Kier alpha value is -2.10. The fourth-order valence-corrected chi connectivity index (χ4v) is 4.21. The number of aryl methyl sites for hydroxylation is 1. The molecule has 1 fully saturated rings. The molecule has 1 aromatic carbocycles. The third kappa shape index (κ3) is 3.63. The largest absolute Gasteiger partial charge is 0.367 e. The molecule has 2 aliphatic rings. The Labute approximate surface area is 150 Å². The Morgan fingerprint density at radius 1 is 1.04 bits per heavy atom. The topological polar surface area (TPSA) is 41.1 Å². The van der Waals surface area contributed by atoms with Crippen LogP contribution in [0.25, 0.3) is 0 Å². The van der Waals surface area contributed by atoms with Gasteiger partial charge in [-0.3, -0.25) is 0 Å². The number of nitrogens with one attached hydrogen (secondary N) is 1. The summed E-state index contributed by atoms with van der Waals surface area (Å²) in [5.41, 5.74) is 2.89. The minimum Gasteiger partial charge on any atom is -0.367 e. The summed E-state index contributed by atoms with van der Waals surface area (Å²) in [5.74, 6) is 2.88. The molecule has 4 heteroatoms. The quantitative estimate of drug-likeness (QED) is 0.897. The lowest BCUT2D eigenvalue weighted by Gasteiger charge is -2.36. The van der Waals surface area contributed by atoms with E-state index in [9.17, 15) is 0 Å². The summed E-state index contributed by atoms with van der Waals surface area (Å²) in [6.07, 6.45) is 7.61. The zero-order chi connectivity index (χ0) is 17.2. The Bertz CT molecular complexity index is 736. The van der Waals surface area contributed by atoms with Gasteiger partial charge in [0.1, 0.15) is 17.5 Å². The molecular weight excluding hydrogens is 308 g/mol. The molecule has 4 nitrogen and oxygen atoms in total. The van der Waals surface area contributed by atoms with Crippen molar-refractivity contribution in [2.75, 3.05) is 10.2 Å². The number of nitrogens with zero attached hydrogens (tertiary/aromatic N) is 3. The second-order valence-electron chi connectivity index (χ2n) is 7.59. The summed E-state index contributed by atoms with van der Waals surface area (Å²) in [7, 11) is 0. The van der Waals surface area contributed by atoms with Gasteiger partial charge < -0.3 is 10.2 Å². The number of rotatable bonds is 3. The molecule has 0 saturated heterocycles. The fourth-order valence-electron chi connectivity index (χ4n) is 4.21. The molecule has 0 spiro atoms. The highest BCUT2D eigenvalue weighted by atomic mass is 15.2. The average Bonchev–Trinajstić information content (AvgIpc) is 2.61. The van der Waals surface area contributed by atoms with Crippen molar-refractivity contribution in [1.29, 1.82) is 0 Å². The maximum absolute atomic E-state index is 4.75. The molecule has 0 unspecified atom stereocenters. The molecule has 2 aromatic rings. The van der Waals surface area contributed by atoms with Crippen LogP contribution in [0.1, 0.15) is 56.0 Å². The summed E-state index contributed by atoms with van der Waals surface area (Å²) < 4.78 is 0. The predicted molar refractivity (Wildman–Crippen MR) is 103 cm³/mol. The monoisotopic (exact) mass is 336 g/mol. The van der Waals surface area contributed by atoms with E-state index in [0.717, 1.165) is 30.4 Å². The van der Waals surface area contributed by atoms with E-state index in [2.05, 4.69) is 52.5 Å². The van der Waals surface area contributed by atoms with Gasteiger partial charge in [0.05, 0.1) is 0 Å². The van der Waals surface area contributed by atoms with E-state index in [1.807, 2.05) is 6.92 Å². The highest BCUT2D eigenvalue weighted by molar-refractivity contribution is 5.52. The Morgan fingerprint density at radius 3 is 2.60 bits per heavy atom. The molecule has 0 bridgehead atoms. The number of anilines is 2. The lowest BCUT2D eigenvalue weighted by Crippen LogP contribution is -2.39. The number of hydrogen-bond acceptors (Lipinski definition) is 4. The molecule has 4 rings (SSSR count). The molecule has 132 valence electrons. The van der Waals surface area contributed by atoms with E-state index in [4.69, 9.17) is 4.98 Å². The van der Waals surface area contributed by atoms with Crippen LogP contribution in [-0.2, 0) is 13.0 Å². The van der Waals surface area contributed by atoms with Crippen molar-refractivity contribution in [2.45, 2.75) is 71.0 Å². The number of hydrogen-bond donors (Lipinski definition) is 1. The molecule has 0 radical (unpaired) electrons. The summed E-state index contributed by atoms with van der Waals surface area (Å²) in [4.78, 5) is 11.8. The maximum Gasteiger partial charge on any atom is 0.134 e. The van der Waals surface area contributed by atoms with Crippen molar-refractivity contribution in [3.8, 4) is 0 Å². The minimum atomic E-state index is 0.451. The van der Waals surface area contributed by atoms with Gasteiger partial charge >= 0.3 is 0 Å². The Balaban J connectivity index is 1.57. The normalized spacial score (nSPS) is 21.0. The summed E-state index contributed by atoms with van der Waals surface area (Å²) in [6, 6.07) is 11.9. The lowest BCUT2D eigenvalue weighted by atomic mass is 9.95. The van der Waals surface area contributed by atoms with Gasteiger partial charge in [0, 0.05) is 24.7 Å². The van der Waals surface area contributed by atoms with Crippen LogP contribution in [0.2, 0.25) is 0 Å². The first kappa shape index (κ1) is 16.4. The lowest BCUT2D eigenvalue weighted by molar-refractivity contribution is 0.461. The maximum atomic E-state index is 4.75. The predicted octanol–water partition coefficient (Wildman–Crippen LogP) is 4.48. The molecular formula is C21H28N4. The number of aromatic nitrogens is 2. The standard InChI is InChI=1S/C21H28N4/c1-15-12-17-8-6-7-9-18(17)14-25(15)21-13-20(22-16(2)23-21)24-19-10-4-3-5-11-19/h6-9,13,15,19H,3-5,10-12,14H2,1-2H3,(H,22,23,24)/t15-/m0/s1. The Morgan fingerprint density at radius 2 is 1.80 bits per heavy atom. The average molecular weight is 336 g/mol. The second kappa shape index (κ2) is 7.03. The van der Waals surface area contributed by atoms with E-state index >= 15 is 0 Å². The zero-order valence-corrected chi connectivity index (χ0v) is 15.3. The van der Waals surface area contributed by atoms with Crippen molar-refractivity contribution in [1.82, 2.24) is 9.97 Å². The van der Waals surface area contributed by atoms with Crippen LogP contribution in [0.3, 0.4) is 0 Å². The van der Waals surface area contributed by atoms with Crippen molar-refractivity contribution < 1.29 is 0 Å². The number of benzene rings is 1. The summed E-state index contributed by atoms with van der Waals surface area (Å²) in [6.45, 7) is 5.22. The van der Waals surface area contributed by atoms with Gasteiger partial charge in [-0.1, -0.05) is 43.5 Å². The first-order valence-electron chi connectivity index (χ1n) is 9.65. The molecule has 1 saturated carbocycles. The molecule has 1 N–H and O–H groups in total.